The van der Waals surface area contributed by atoms with Crippen molar-refractivity contribution in [3.05, 3.63) is 51.5 Å². The standard InChI is InChI=1S/C18H15BrO5/c1-22-15-6-10(7-16(23-2)18(15)21)5-11-9-24-14-4-3-12(19)8-13(14)17(11)20/h3-8,21H,9H2,1-2H3. The number of halogens is 1. The maximum atomic E-state index is 12.7. The van der Waals surface area contributed by atoms with Gasteiger partial charge in [-0.15, -0.1) is 0 Å². The molecule has 0 aromatic heterocycles. The van der Waals surface area contributed by atoms with Crippen LogP contribution in [0.5, 0.6) is 23.0 Å². The lowest BCUT2D eigenvalue weighted by atomic mass is 9.98. The van der Waals surface area contributed by atoms with Crippen molar-refractivity contribution in [2.75, 3.05) is 20.8 Å². The highest BCUT2D eigenvalue weighted by Crippen LogP contribution is 2.38. The summed E-state index contributed by atoms with van der Waals surface area (Å²) in [5.74, 6) is 0.939. The molecule has 0 spiro atoms. The topological polar surface area (TPSA) is 65.0 Å². The smallest absolute Gasteiger partial charge is 0.200 e. The van der Waals surface area contributed by atoms with Gasteiger partial charge in [0.15, 0.2) is 17.3 Å². The Morgan fingerprint density at radius 2 is 1.83 bits per heavy atom. The number of fused-ring (bicyclic) bond motifs is 1. The van der Waals surface area contributed by atoms with Crippen molar-refractivity contribution in [2.45, 2.75) is 0 Å². The molecule has 0 bridgehead atoms. The summed E-state index contributed by atoms with van der Waals surface area (Å²) in [4.78, 5) is 12.7. The molecule has 1 N–H and O–H groups in total. The van der Waals surface area contributed by atoms with E-state index in [-0.39, 0.29) is 29.6 Å². The molecule has 0 saturated carbocycles. The van der Waals surface area contributed by atoms with Crippen molar-refractivity contribution < 1.29 is 24.1 Å². The van der Waals surface area contributed by atoms with Crippen molar-refractivity contribution in [2.24, 2.45) is 0 Å². The van der Waals surface area contributed by atoms with E-state index in [0.717, 1.165) is 4.47 Å². The molecule has 1 aliphatic heterocycles. The quantitative estimate of drug-likeness (QED) is 0.806. The molecule has 0 unspecified atom stereocenters. The number of ether oxygens (including phenoxy) is 3. The molecule has 0 aliphatic carbocycles. The SMILES string of the molecule is COc1cc(C=C2COc3ccc(Br)cc3C2=O)cc(OC)c1O. The van der Waals surface area contributed by atoms with Gasteiger partial charge in [0.2, 0.25) is 5.75 Å². The van der Waals surface area contributed by atoms with Crippen LogP contribution in [0.25, 0.3) is 6.08 Å². The number of benzene rings is 2. The molecule has 0 amide bonds. The number of phenols is 1. The van der Waals surface area contributed by atoms with Crippen LogP contribution in [0.1, 0.15) is 15.9 Å². The zero-order valence-electron chi connectivity index (χ0n) is 13.1. The van der Waals surface area contributed by atoms with Crippen molar-refractivity contribution in [1.29, 1.82) is 0 Å². The minimum atomic E-state index is -0.0939. The summed E-state index contributed by atoms with van der Waals surface area (Å²) in [6.45, 7) is 0.180. The summed E-state index contributed by atoms with van der Waals surface area (Å²) < 4.78 is 16.7. The first kappa shape index (κ1) is 16.4. The van der Waals surface area contributed by atoms with Gasteiger partial charge >= 0.3 is 0 Å². The number of ketones is 1. The normalized spacial score (nSPS) is 15.0. The van der Waals surface area contributed by atoms with Crippen LogP contribution in [0.2, 0.25) is 0 Å². The molecule has 2 aromatic carbocycles. The largest absolute Gasteiger partial charge is 0.502 e. The lowest BCUT2D eigenvalue weighted by molar-refractivity contribution is 0.100. The van der Waals surface area contributed by atoms with E-state index in [1.54, 1.807) is 30.3 Å². The van der Waals surface area contributed by atoms with Gasteiger partial charge in [-0.2, -0.15) is 0 Å². The maximum Gasteiger partial charge on any atom is 0.200 e. The molecule has 0 fully saturated rings. The van der Waals surface area contributed by atoms with Crippen molar-refractivity contribution in [3.63, 3.8) is 0 Å². The molecule has 0 saturated heterocycles. The molecular weight excluding hydrogens is 376 g/mol. The molecule has 3 rings (SSSR count). The van der Waals surface area contributed by atoms with Crippen LogP contribution in [-0.2, 0) is 0 Å². The van der Waals surface area contributed by atoms with E-state index in [1.807, 2.05) is 6.07 Å². The maximum absolute atomic E-state index is 12.7. The fraction of sp³-hybridized carbons (Fsp3) is 0.167. The van der Waals surface area contributed by atoms with Gasteiger partial charge in [0.05, 0.1) is 19.8 Å². The van der Waals surface area contributed by atoms with Crippen LogP contribution in [0.15, 0.2) is 40.4 Å². The fourth-order valence-corrected chi connectivity index (χ4v) is 2.87. The van der Waals surface area contributed by atoms with Crippen LogP contribution < -0.4 is 14.2 Å². The molecule has 5 nitrogen and oxygen atoms in total. The van der Waals surface area contributed by atoms with Gasteiger partial charge < -0.3 is 19.3 Å². The van der Waals surface area contributed by atoms with Crippen molar-refractivity contribution >= 4 is 27.8 Å². The number of hydrogen-bond acceptors (Lipinski definition) is 5. The predicted octanol–water partition coefficient (Wildman–Crippen LogP) is 3.83. The summed E-state index contributed by atoms with van der Waals surface area (Å²) in [6.07, 6.45) is 1.71. The molecule has 1 heterocycles. The lowest BCUT2D eigenvalue weighted by Gasteiger charge is -2.19. The summed E-state index contributed by atoms with van der Waals surface area (Å²) in [6, 6.07) is 8.60. The van der Waals surface area contributed by atoms with Gasteiger partial charge in [0.25, 0.3) is 0 Å². The van der Waals surface area contributed by atoms with Crippen molar-refractivity contribution in [1.82, 2.24) is 0 Å². The third-order valence-corrected chi connectivity index (χ3v) is 4.20. The molecule has 124 valence electrons. The van der Waals surface area contributed by atoms with Crippen molar-refractivity contribution in [3.8, 4) is 23.0 Å². The third-order valence-electron chi connectivity index (χ3n) is 3.70. The number of aromatic hydroxyl groups is 1. The van der Waals surface area contributed by atoms with Gasteiger partial charge in [0, 0.05) is 10.0 Å². The second-order valence-electron chi connectivity index (χ2n) is 5.20. The zero-order valence-corrected chi connectivity index (χ0v) is 14.7. The van der Waals surface area contributed by atoms with Gasteiger partial charge in [-0.05, 0) is 42.0 Å². The van der Waals surface area contributed by atoms with E-state index in [9.17, 15) is 9.90 Å². The Balaban J connectivity index is 2.02. The first-order chi connectivity index (χ1) is 11.5. The van der Waals surface area contributed by atoms with Gasteiger partial charge in [0.1, 0.15) is 12.4 Å². The monoisotopic (exact) mass is 390 g/mol. The number of rotatable bonds is 3. The van der Waals surface area contributed by atoms with E-state index in [0.29, 0.717) is 22.4 Å². The Labute approximate surface area is 147 Å². The van der Waals surface area contributed by atoms with Crippen LogP contribution in [0.4, 0.5) is 0 Å². The van der Waals surface area contributed by atoms with E-state index in [1.165, 1.54) is 14.2 Å². The highest BCUT2D eigenvalue weighted by Gasteiger charge is 2.24. The van der Waals surface area contributed by atoms with Crippen LogP contribution in [0.3, 0.4) is 0 Å². The number of carbonyl (C=O) groups excluding carboxylic acids is 1. The molecule has 2 aromatic rings. The molecule has 0 radical (unpaired) electrons. The Bertz CT molecular complexity index is 816. The Morgan fingerprint density at radius 3 is 2.46 bits per heavy atom. The molecular formula is C18H15BrO5. The molecule has 1 aliphatic rings. The number of hydrogen-bond donors (Lipinski definition) is 1. The number of carbonyl (C=O) groups is 1. The molecule has 24 heavy (non-hydrogen) atoms. The summed E-state index contributed by atoms with van der Waals surface area (Å²) in [5.41, 5.74) is 1.70. The van der Waals surface area contributed by atoms with E-state index in [2.05, 4.69) is 15.9 Å². The van der Waals surface area contributed by atoms with E-state index < -0.39 is 0 Å². The lowest BCUT2D eigenvalue weighted by Crippen LogP contribution is -2.19. The number of Topliss-reactive ketones (excluding diaryl/α,β-unsaturated/α-hetero) is 1. The van der Waals surface area contributed by atoms with E-state index in [4.69, 9.17) is 14.2 Å². The third kappa shape index (κ3) is 2.97. The van der Waals surface area contributed by atoms with E-state index >= 15 is 0 Å². The molecule has 6 heteroatoms. The summed E-state index contributed by atoms with van der Waals surface area (Å²) >= 11 is 3.36. The second kappa shape index (κ2) is 6.57. The minimum absolute atomic E-state index is 0.0809. The fourth-order valence-electron chi connectivity index (χ4n) is 2.51. The van der Waals surface area contributed by atoms with Crippen LogP contribution in [0, 0.1) is 0 Å². The Morgan fingerprint density at radius 1 is 1.17 bits per heavy atom. The highest BCUT2D eigenvalue weighted by molar-refractivity contribution is 9.10. The summed E-state index contributed by atoms with van der Waals surface area (Å²) in [5, 5.41) is 9.96. The average molecular weight is 391 g/mol. The average Bonchev–Trinajstić information content (AvgIpc) is 2.59. The predicted molar refractivity (Wildman–Crippen MR) is 93.2 cm³/mol. The first-order valence-corrected chi connectivity index (χ1v) is 7.95. The number of phenolic OH excluding ortho intramolecular Hbond substituents is 1. The molecule has 0 atom stereocenters. The second-order valence-corrected chi connectivity index (χ2v) is 6.12. The van der Waals surface area contributed by atoms with Gasteiger partial charge in [-0.1, -0.05) is 15.9 Å². The van der Waals surface area contributed by atoms with Crippen LogP contribution >= 0.6 is 15.9 Å². The van der Waals surface area contributed by atoms with Gasteiger partial charge in [-0.3, -0.25) is 4.79 Å². The first-order valence-electron chi connectivity index (χ1n) is 7.16. The minimum Gasteiger partial charge on any atom is -0.502 e. The Kier molecular flexibility index (Phi) is 4.49. The van der Waals surface area contributed by atoms with Gasteiger partial charge in [-0.25, -0.2) is 0 Å². The number of methoxy groups -OCH3 is 2. The Hall–Kier alpha value is -2.47. The highest BCUT2D eigenvalue weighted by atomic mass is 79.9. The van der Waals surface area contributed by atoms with Crippen LogP contribution in [-0.4, -0.2) is 31.7 Å². The summed E-state index contributed by atoms with van der Waals surface area (Å²) in [7, 11) is 2.90. The zero-order chi connectivity index (χ0) is 17.3.